The lowest BCUT2D eigenvalue weighted by molar-refractivity contribution is -0.136. The quantitative estimate of drug-likeness (QED) is 0.897. The van der Waals surface area contributed by atoms with Gasteiger partial charge in [-0.1, -0.05) is 25.0 Å². The van der Waals surface area contributed by atoms with Crippen molar-refractivity contribution in [1.29, 1.82) is 0 Å². The average molecular weight is 306 g/mol. The summed E-state index contributed by atoms with van der Waals surface area (Å²) in [7, 11) is 0. The van der Waals surface area contributed by atoms with E-state index in [1.165, 1.54) is 12.1 Å². The number of rotatable bonds is 3. The van der Waals surface area contributed by atoms with Crippen molar-refractivity contribution < 1.29 is 14.3 Å². The molecule has 0 radical (unpaired) electrons. The molecule has 1 aliphatic carbocycles. The van der Waals surface area contributed by atoms with E-state index in [2.05, 4.69) is 0 Å². The number of fused-ring (bicyclic) bond motifs is 1. The fraction of sp³-hybridized carbons (Fsp3) is 0.588. The van der Waals surface area contributed by atoms with Crippen molar-refractivity contribution in [3.05, 3.63) is 35.6 Å². The van der Waals surface area contributed by atoms with Crippen LogP contribution in [0.4, 0.5) is 4.39 Å². The molecule has 0 aromatic heterocycles. The Balaban J connectivity index is 1.96. The Bertz CT molecular complexity index is 548. The molecule has 1 saturated carbocycles. The highest BCUT2D eigenvalue weighted by Gasteiger charge is 2.48. The first-order valence-corrected chi connectivity index (χ1v) is 8.00. The number of halogens is 1. The second kappa shape index (κ2) is 5.97. The molecule has 3 rings (SSSR count). The van der Waals surface area contributed by atoms with Gasteiger partial charge in [0.25, 0.3) is 0 Å². The van der Waals surface area contributed by atoms with Gasteiger partial charge in [-0.25, -0.2) is 4.39 Å². The fourth-order valence-corrected chi connectivity index (χ4v) is 4.22. The Kier molecular flexibility index (Phi) is 4.19. The summed E-state index contributed by atoms with van der Waals surface area (Å²) in [6, 6.07) is 6.32. The third kappa shape index (κ3) is 2.88. The lowest BCUT2D eigenvalue weighted by atomic mass is 9.66. The number of hydrogen-bond acceptors (Lipinski definition) is 3. The molecule has 1 heterocycles. The van der Waals surface area contributed by atoms with Gasteiger partial charge in [-0.05, 0) is 37.0 Å². The number of hydrogen-bond donors (Lipinski definition) is 2. The van der Waals surface area contributed by atoms with Crippen LogP contribution in [0.15, 0.2) is 24.3 Å². The van der Waals surface area contributed by atoms with E-state index in [1.54, 1.807) is 12.1 Å². The molecule has 1 aliphatic heterocycles. The standard InChI is InChI=1S/C17H23FN2O2/c18-13-6-4-12(5-7-13)16-14-3-1-2-8-17(14,22)9-10-20(16)11-15(19)21/h4-7,14,16,22H,1-3,8-11H2,(H2,19,21)/t14-,16+,17+/m1/s1. The summed E-state index contributed by atoms with van der Waals surface area (Å²) in [5.74, 6) is -0.576. The first kappa shape index (κ1) is 15.4. The van der Waals surface area contributed by atoms with Gasteiger partial charge in [0.2, 0.25) is 5.91 Å². The number of likely N-dealkylation sites (tertiary alicyclic amines) is 1. The van der Waals surface area contributed by atoms with Gasteiger partial charge in [0.1, 0.15) is 5.82 Å². The van der Waals surface area contributed by atoms with Gasteiger partial charge in [0.15, 0.2) is 0 Å². The van der Waals surface area contributed by atoms with Crippen molar-refractivity contribution in [3.63, 3.8) is 0 Å². The number of nitrogens with zero attached hydrogens (tertiary/aromatic N) is 1. The highest BCUT2D eigenvalue weighted by Crippen LogP contribution is 2.49. The zero-order valence-corrected chi connectivity index (χ0v) is 12.7. The molecule has 2 aliphatic rings. The molecule has 0 unspecified atom stereocenters. The minimum absolute atomic E-state index is 0.0693. The van der Waals surface area contributed by atoms with E-state index in [4.69, 9.17) is 5.73 Å². The van der Waals surface area contributed by atoms with E-state index in [-0.39, 0.29) is 30.2 Å². The van der Waals surface area contributed by atoms with E-state index >= 15 is 0 Å². The molecule has 0 bridgehead atoms. The van der Waals surface area contributed by atoms with Crippen LogP contribution in [0, 0.1) is 11.7 Å². The molecule has 5 heteroatoms. The predicted molar refractivity (Wildman–Crippen MR) is 81.4 cm³/mol. The van der Waals surface area contributed by atoms with Crippen LogP contribution < -0.4 is 5.73 Å². The zero-order valence-electron chi connectivity index (χ0n) is 12.7. The lowest BCUT2D eigenvalue weighted by Gasteiger charge is -2.52. The van der Waals surface area contributed by atoms with E-state index in [1.807, 2.05) is 4.90 Å². The summed E-state index contributed by atoms with van der Waals surface area (Å²) in [5, 5.41) is 11.0. The summed E-state index contributed by atoms with van der Waals surface area (Å²) in [6.45, 7) is 0.812. The molecule has 4 nitrogen and oxygen atoms in total. The number of primary amides is 1. The molecule has 2 fully saturated rings. The zero-order chi connectivity index (χ0) is 15.7. The van der Waals surface area contributed by atoms with Crippen molar-refractivity contribution in [3.8, 4) is 0 Å². The highest BCUT2D eigenvalue weighted by atomic mass is 19.1. The number of carbonyl (C=O) groups is 1. The maximum absolute atomic E-state index is 13.2. The van der Waals surface area contributed by atoms with Crippen LogP contribution in [-0.4, -0.2) is 34.6 Å². The Morgan fingerprint density at radius 2 is 2.05 bits per heavy atom. The first-order chi connectivity index (χ1) is 10.5. The molecule has 1 aromatic carbocycles. The normalized spacial score (nSPS) is 32.5. The van der Waals surface area contributed by atoms with Gasteiger partial charge in [0, 0.05) is 18.5 Å². The van der Waals surface area contributed by atoms with Crippen molar-refractivity contribution in [1.82, 2.24) is 4.90 Å². The molecule has 0 spiro atoms. The van der Waals surface area contributed by atoms with Crippen LogP contribution >= 0.6 is 0 Å². The van der Waals surface area contributed by atoms with Gasteiger partial charge >= 0.3 is 0 Å². The largest absolute Gasteiger partial charge is 0.389 e. The second-order valence-electron chi connectivity index (χ2n) is 6.64. The van der Waals surface area contributed by atoms with E-state index in [0.29, 0.717) is 13.0 Å². The Morgan fingerprint density at radius 1 is 1.32 bits per heavy atom. The van der Waals surface area contributed by atoms with Gasteiger partial charge in [-0.3, -0.25) is 9.69 Å². The van der Waals surface area contributed by atoms with Gasteiger partial charge in [-0.2, -0.15) is 0 Å². The van der Waals surface area contributed by atoms with Gasteiger partial charge < -0.3 is 10.8 Å². The molecule has 120 valence electrons. The average Bonchev–Trinajstić information content (AvgIpc) is 2.48. The fourth-order valence-electron chi connectivity index (χ4n) is 4.22. The van der Waals surface area contributed by atoms with E-state index in [9.17, 15) is 14.3 Å². The highest BCUT2D eigenvalue weighted by molar-refractivity contribution is 5.76. The van der Waals surface area contributed by atoms with Crippen molar-refractivity contribution in [2.45, 2.75) is 43.7 Å². The van der Waals surface area contributed by atoms with Crippen molar-refractivity contribution in [2.24, 2.45) is 11.7 Å². The summed E-state index contributed by atoms with van der Waals surface area (Å²) < 4.78 is 13.2. The molecule has 22 heavy (non-hydrogen) atoms. The number of piperidine rings is 1. The third-order valence-corrected chi connectivity index (χ3v) is 5.24. The van der Waals surface area contributed by atoms with Crippen LogP contribution in [0.25, 0.3) is 0 Å². The summed E-state index contributed by atoms with van der Waals surface area (Å²) in [4.78, 5) is 13.4. The van der Waals surface area contributed by atoms with Gasteiger partial charge in [0.05, 0.1) is 12.1 Å². The number of benzene rings is 1. The summed E-state index contributed by atoms with van der Waals surface area (Å²) in [6.07, 6.45) is 4.52. The van der Waals surface area contributed by atoms with Gasteiger partial charge in [-0.15, -0.1) is 0 Å². The Hall–Kier alpha value is -1.46. The van der Waals surface area contributed by atoms with Crippen LogP contribution in [0.2, 0.25) is 0 Å². The number of nitrogens with two attached hydrogens (primary N) is 1. The summed E-state index contributed by atoms with van der Waals surface area (Å²) >= 11 is 0. The lowest BCUT2D eigenvalue weighted by Crippen LogP contribution is -2.56. The molecule has 1 aromatic rings. The topological polar surface area (TPSA) is 66.6 Å². The maximum Gasteiger partial charge on any atom is 0.231 e. The predicted octanol–water partition coefficient (Wildman–Crippen LogP) is 1.98. The molecular weight excluding hydrogens is 283 g/mol. The van der Waals surface area contributed by atoms with Crippen LogP contribution in [0.1, 0.15) is 43.7 Å². The molecule has 1 amide bonds. The van der Waals surface area contributed by atoms with Crippen molar-refractivity contribution in [2.75, 3.05) is 13.1 Å². The van der Waals surface area contributed by atoms with Crippen LogP contribution in [0.5, 0.6) is 0 Å². The molecular formula is C17H23FN2O2. The maximum atomic E-state index is 13.2. The number of amides is 1. The Morgan fingerprint density at radius 3 is 2.73 bits per heavy atom. The SMILES string of the molecule is NC(=O)CN1CC[C@@]2(O)CCCC[C@@H]2[C@@H]1c1ccc(F)cc1. The monoisotopic (exact) mass is 306 g/mol. The third-order valence-electron chi connectivity index (χ3n) is 5.24. The minimum Gasteiger partial charge on any atom is -0.389 e. The molecule has 1 saturated heterocycles. The molecule has 3 atom stereocenters. The van der Waals surface area contributed by atoms with E-state index < -0.39 is 5.60 Å². The van der Waals surface area contributed by atoms with E-state index in [0.717, 1.165) is 31.2 Å². The summed E-state index contributed by atoms with van der Waals surface area (Å²) in [5.41, 5.74) is 5.66. The molecule has 3 N–H and O–H groups in total. The smallest absolute Gasteiger partial charge is 0.231 e. The van der Waals surface area contributed by atoms with Crippen LogP contribution in [0.3, 0.4) is 0 Å². The van der Waals surface area contributed by atoms with Crippen LogP contribution in [-0.2, 0) is 4.79 Å². The van der Waals surface area contributed by atoms with Crippen molar-refractivity contribution >= 4 is 5.91 Å². The number of aliphatic hydroxyl groups is 1. The number of carbonyl (C=O) groups excluding carboxylic acids is 1. The second-order valence-corrected chi connectivity index (χ2v) is 6.64. The minimum atomic E-state index is -0.675. The first-order valence-electron chi connectivity index (χ1n) is 8.00. The Labute approximate surface area is 130 Å².